The van der Waals surface area contributed by atoms with Gasteiger partial charge >= 0.3 is 5.97 Å². The molecule has 2 aromatic carbocycles. The number of nitrogens with one attached hydrogen (secondary N) is 1. The van der Waals surface area contributed by atoms with E-state index in [4.69, 9.17) is 0 Å². The Labute approximate surface area is 124 Å². The lowest BCUT2D eigenvalue weighted by Crippen LogP contribution is -2.48. The Kier molecular flexibility index (Phi) is 4.60. The highest BCUT2D eigenvalue weighted by Gasteiger charge is 2.38. The van der Waals surface area contributed by atoms with E-state index in [0.717, 1.165) is 5.56 Å². The van der Waals surface area contributed by atoms with Crippen LogP contribution in [-0.2, 0) is 16.9 Å². The summed E-state index contributed by atoms with van der Waals surface area (Å²) in [6, 6.07) is 16.0. The minimum absolute atomic E-state index is 0.122. The highest BCUT2D eigenvalue weighted by molar-refractivity contribution is 5.80. The van der Waals surface area contributed by atoms with Gasteiger partial charge in [-0.2, -0.15) is 0 Å². The Morgan fingerprint density at radius 3 is 2.24 bits per heavy atom. The number of aromatic hydroxyl groups is 1. The Morgan fingerprint density at radius 1 is 1.10 bits per heavy atom. The van der Waals surface area contributed by atoms with Crippen molar-refractivity contribution in [2.24, 2.45) is 0 Å². The summed E-state index contributed by atoms with van der Waals surface area (Å²) in [5.41, 5.74) is 0.491. The standard InChI is InChI=1S/C17H19NO3/c1-2-17(16(20)21,14-8-10-15(19)11-9-14)18-12-13-6-4-3-5-7-13/h3-11,18-19H,2,12H2,1H3,(H,20,21). The first kappa shape index (κ1) is 15.1. The molecule has 0 spiro atoms. The first-order valence-corrected chi connectivity index (χ1v) is 6.90. The second kappa shape index (κ2) is 6.41. The molecular weight excluding hydrogens is 266 g/mol. The maximum absolute atomic E-state index is 11.8. The zero-order valence-corrected chi connectivity index (χ0v) is 11.9. The second-order valence-corrected chi connectivity index (χ2v) is 4.95. The number of phenols is 1. The number of aliphatic carboxylic acids is 1. The van der Waals surface area contributed by atoms with E-state index in [-0.39, 0.29) is 5.75 Å². The number of phenolic OH excluding ortho intramolecular Hbond substituents is 1. The Bertz CT molecular complexity index is 595. The molecule has 4 heteroatoms. The molecule has 0 saturated heterocycles. The van der Waals surface area contributed by atoms with Gasteiger partial charge in [0.1, 0.15) is 11.3 Å². The lowest BCUT2D eigenvalue weighted by molar-refractivity contribution is -0.145. The summed E-state index contributed by atoms with van der Waals surface area (Å²) in [5.74, 6) is -0.802. The highest BCUT2D eigenvalue weighted by Crippen LogP contribution is 2.27. The summed E-state index contributed by atoms with van der Waals surface area (Å²) in [6.45, 7) is 2.29. The molecule has 0 aliphatic rings. The molecule has 1 unspecified atom stereocenters. The van der Waals surface area contributed by atoms with Gasteiger partial charge in [0.15, 0.2) is 0 Å². The van der Waals surface area contributed by atoms with Crippen LogP contribution in [0, 0.1) is 0 Å². The third-order valence-electron chi connectivity index (χ3n) is 3.69. The molecule has 3 N–H and O–H groups in total. The van der Waals surface area contributed by atoms with Crippen molar-refractivity contribution >= 4 is 5.97 Å². The summed E-state index contributed by atoms with van der Waals surface area (Å²) in [6.07, 6.45) is 0.403. The van der Waals surface area contributed by atoms with E-state index in [1.165, 1.54) is 12.1 Å². The van der Waals surface area contributed by atoms with Gasteiger partial charge in [0.2, 0.25) is 0 Å². The molecule has 1 atom stereocenters. The van der Waals surface area contributed by atoms with Crippen LogP contribution in [0.5, 0.6) is 5.75 Å². The monoisotopic (exact) mass is 285 g/mol. The number of carboxylic acid groups (broad SMARTS) is 1. The van der Waals surface area contributed by atoms with Crippen LogP contribution in [0.3, 0.4) is 0 Å². The molecule has 0 bridgehead atoms. The van der Waals surface area contributed by atoms with Gasteiger partial charge in [-0.15, -0.1) is 0 Å². The molecule has 0 radical (unpaired) electrons. The largest absolute Gasteiger partial charge is 0.508 e. The Balaban J connectivity index is 2.29. The predicted octanol–water partition coefficient (Wildman–Crippen LogP) is 2.87. The Morgan fingerprint density at radius 2 is 1.71 bits per heavy atom. The van der Waals surface area contributed by atoms with E-state index in [1.54, 1.807) is 12.1 Å². The van der Waals surface area contributed by atoms with Gasteiger partial charge in [-0.05, 0) is 29.7 Å². The van der Waals surface area contributed by atoms with Gasteiger partial charge in [0.25, 0.3) is 0 Å². The zero-order chi connectivity index (χ0) is 15.3. The van der Waals surface area contributed by atoms with Crippen molar-refractivity contribution in [2.45, 2.75) is 25.4 Å². The van der Waals surface area contributed by atoms with Gasteiger partial charge in [0, 0.05) is 6.54 Å². The van der Waals surface area contributed by atoms with E-state index in [0.29, 0.717) is 18.5 Å². The van der Waals surface area contributed by atoms with Crippen molar-refractivity contribution in [3.63, 3.8) is 0 Å². The minimum Gasteiger partial charge on any atom is -0.508 e. The van der Waals surface area contributed by atoms with E-state index < -0.39 is 11.5 Å². The van der Waals surface area contributed by atoms with Crippen molar-refractivity contribution in [1.29, 1.82) is 0 Å². The van der Waals surface area contributed by atoms with Crippen molar-refractivity contribution in [3.05, 3.63) is 65.7 Å². The molecule has 0 aliphatic heterocycles. The van der Waals surface area contributed by atoms with Crippen LogP contribution in [-0.4, -0.2) is 16.2 Å². The average molecular weight is 285 g/mol. The van der Waals surface area contributed by atoms with Crippen molar-refractivity contribution in [3.8, 4) is 5.75 Å². The fourth-order valence-electron chi connectivity index (χ4n) is 2.38. The lowest BCUT2D eigenvalue weighted by Gasteiger charge is -2.30. The van der Waals surface area contributed by atoms with Gasteiger partial charge in [0.05, 0.1) is 0 Å². The normalized spacial score (nSPS) is 13.6. The fourth-order valence-corrected chi connectivity index (χ4v) is 2.38. The highest BCUT2D eigenvalue weighted by atomic mass is 16.4. The van der Waals surface area contributed by atoms with E-state index in [9.17, 15) is 15.0 Å². The first-order valence-electron chi connectivity index (χ1n) is 6.90. The molecule has 0 heterocycles. The van der Waals surface area contributed by atoms with E-state index in [1.807, 2.05) is 37.3 Å². The predicted molar refractivity (Wildman–Crippen MR) is 81.0 cm³/mol. The van der Waals surface area contributed by atoms with Gasteiger partial charge in [-0.25, -0.2) is 4.79 Å². The maximum atomic E-state index is 11.8. The number of hydrogen-bond donors (Lipinski definition) is 3. The van der Waals surface area contributed by atoms with Crippen LogP contribution in [0.15, 0.2) is 54.6 Å². The summed E-state index contributed by atoms with van der Waals surface area (Å²) >= 11 is 0. The van der Waals surface area contributed by atoms with Crippen LogP contribution in [0.4, 0.5) is 0 Å². The molecular formula is C17H19NO3. The van der Waals surface area contributed by atoms with E-state index in [2.05, 4.69) is 5.32 Å². The molecule has 0 aromatic heterocycles. The summed E-state index contributed by atoms with van der Waals surface area (Å²) in [7, 11) is 0. The SMILES string of the molecule is CCC(NCc1ccccc1)(C(=O)O)c1ccc(O)cc1. The maximum Gasteiger partial charge on any atom is 0.328 e. The number of carbonyl (C=O) groups is 1. The van der Waals surface area contributed by atoms with Crippen LogP contribution in [0.1, 0.15) is 24.5 Å². The van der Waals surface area contributed by atoms with Crippen LogP contribution in [0.2, 0.25) is 0 Å². The fraction of sp³-hybridized carbons (Fsp3) is 0.235. The smallest absolute Gasteiger partial charge is 0.328 e. The molecule has 110 valence electrons. The number of hydrogen-bond acceptors (Lipinski definition) is 3. The van der Waals surface area contributed by atoms with Crippen LogP contribution in [0.25, 0.3) is 0 Å². The van der Waals surface area contributed by atoms with Crippen molar-refractivity contribution < 1.29 is 15.0 Å². The van der Waals surface area contributed by atoms with Gasteiger partial charge < -0.3 is 10.2 Å². The average Bonchev–Trinajstić information content (AvgIpc) is 2.50. The molecule has 0 aliphatic carbocycles. The quantitative estimate of drug-likeness (QED) is 0.763. The van der Waals surface area contributed by atoms with Crippen molar-refractivity contribution in [1.82, 2.24) is 5.32 Å². The summed E-state index contributed by atoms with van der Waals surface area (Å²) in [4.78, 5) is 11.8. The zero-order valence-electron chi connectivity index (χ0n) is 11.9. The number of rotatable bonds is 6. The lowest BCUT2D eigenvalue weighted by atomic mass is 9.87. The van der Waals surface area contributed by atoms with Crippen molar-refractivity contribution in [2.75, 3.05) is 0 Å². The Hall–Kier alpha value is -2.33. The van der Waals surface area contributed by atoms with Gasteiger partial charge in [-0.3, -0.25) is 5.32 Å². The van der Waals surface area contributed by atoms with Gasteiger partial charge in [-0.1, -0.05) is 49.4 Å². The first-order chi connectivity index (χ1) is 10.1. The topological polar surface area (TPSA) is 69.6 Å². The molecule has 0 amide bonds. The van der Waals surface area contributed by atoms with E-state index >= 15 is 0 Å². The molecule has 4 nitrogen and oxygen atoms in total. The minimum atomic E-state index is -1.16. The second-order valence-electron chi connectivity index (χ2n) is 4.95. The molecule has 0 fully saturated rings. The number of benzene rings is 2. The number of carboxylic acids is 1. The molecule has 2 aromatic rings. The third-order valence-corrected chi connectivity index (χ3v) is 3.69. The molecule has 21 heavy (non-hydrogen) atoms. The molecule has 0 saturated carbocycles. The molecule has 2 rings (SSSR count). The third kappa shape index (κ3) is 3.23. The summed E-state index contributed by atoms with van der Waals surface area (Å²) in [5, 5.41) is 22.2. The summed E-state index contributed by atoms with van der Waals surface area (Å²) < 4.78 is 0. The van der Waals surface area contributed by atoms with Crippen LogP contribution < -0.4 is 5.32 Å². The van der Waals surface area contributed by atoms with Crippen LogP contribution >= 0.6 is 0 Å².